The highest BCUT2D eigenvalue weighted by atomic mass is 32.2. The van der Waals surface area contributed by atoms with Gasteiger partial charge in [-0.3, -0.25) is 9.59 Å². The summed E-state index contributed by atoms with van der Waals surface area (Å²) in [5.74, 6) is 1.62. The minimum atomic E-state index is -0.572. The molecule has 1 saturated heterocycles. The van der Waals surface area contributed by atoms with Crippen molar-refractivity contribution in [3.8, 4) is 0 Å². The average molecular weight is 543 g/mol. The largest absolute Gasteiger partial charge is 0.459 e. The van der Waals surface area contributed by atoms with Gasteiger partial charge in [0.1, 0.15) is 5.60 Å². The number of thioether (sulfide) groups is 1. The Labute approximate surface area is 225 Å². The van der Waals surface area contributed by atoms with Crippen molar-refractivity contribution in [2.24, 2.45) is 22.7 Å². The van der Waals surface area contributed by atoms with Crippen molar-refractivity contribution in [2.45, 2.75) is 110 Å². The quantitative estimate of drug-likeness (QED) is 0.346. The van der Waals surface area contributed by atoms with Crippen LogP contribution in [0.15, 0.2) is 0 Å². The highest BCUT2D eigenvalue weighted by Gasteiger charge is 2.59. The number of ether oxygens (including phenoxy) is 4. The zero-order chi connectivity index (χ0) is 27.5. The van der Waals surface area contributed by atoms with Gasteiger partial charge in [0.05, 0.1) is 28.8 Å². The van der Waals surface area contributed by atoms with E-state index in [0.717, 1.165) is 37.9 Å². The summed E-state index contributed by atoms with van der Waals surface area (Å²) in [4.78, 5) is 35.5. The van der Waals surface area contributed by atoms with Gasteiger partial charge < -0.3 is 24.1 Å². The van der Waals surface area contributed by atoms with Crippen molar-refractivity contribution in [3.05, 3.63) is 0 Å². The highest BCUT2D eigenvalue weighted by molar-refractivity contribution is 7.99. The molecule has 1 N–H and O–H groups in total. The third kappa shape index (κ3) is 7.85. The van der Waals surface area contributed by atoms with Gasteiger partial charge in [0.15, 0.2) is 6.61 Å². The van der Waals surface area contributed by atoms with Gasteiger partial charge in [-0.05, 0) is 84.5 Å². The number of esters is 3. The molecule has 8 nitrogen and oxygen atoms in total. The smallest absolute Gasteiger partial charge is 0.346 e. The molecule has 4 saturated carbocycles. The minimum Gasteiger partial charge on any atom is -0.459 e. The molecule has 3 atom stereocenters. The highest BCUT2D eigenvalue weighted by Crippen LogP contribution is 2.59. The Hall–Kier alpha value is -1.32. The molecule has 0 aromatic heterocycles. The molecule has 0 amide bonds. The van der Waals surface area contributed by atoms with E-state index in [1.165, 1.54) is 6.42 Å². The van der Waals surface area contributed by atoms with Crippen LogP contribution in [-0.2, 0) is 33.3 Å². The van der Waals surface area contributed by atoms with Gasteiger partial charge in [0, 0.05) is 12.2 Å². The van der Waals surface area contributed by atoms with Crippen LogP contribution in [0.2, 0.25) is 0 Å². The lowest BCUT2D eigenvalue weighted by Crippen LogP contribution is -2.61. The van der Waals surface area contributed by atoms with Crippen molar-refractivity contribution >= 4 is 29.7 Å². The van der Waals surface area contributed by atoms with E-state index in [1.807, 2.05) is 27.7 Å². The van der Waals surface area contributed by atoms with Gasteiger partial charge in [0.2, 0.25) is 6.29 Å². The predicted molar refractivity (Wildman–Crippen MR) is 141 cm³/mol. The zero-order valence-corrected chi connectivity index (χ0v) is 24.2. The summed E-state index contributed by atoms with van der Waals surface area (Å²) in [7, 11) is 0. The molecule has 4 aliphatic carbocycles. The fourth-order valence-corrected chi connectivity index (χ4v) is 6.65. The molecule has 0 aromatic rings. The summed E-state index contributed by atoms with van der Waals surface area (Å²) in [5, 5.41) is 10.6. The van der Waals surface area contributed by atoms with Gasteiger partial charge in [0.25, 0.3) is 0 Å². The molecule has 5 fully saturated rings. The van der Waals surface area contributed by atoms with Gasteiger partial charge >= 0.3 is 17.9 Å². The molecule has 5 aliphatic rings. The third-order valence-corrected chi connectivity index (χ3v) is 9.49. The van der Waals surface area contributed by atoms with Crippen molar-refractivity contribution in [2.75, 3.05) is 24.7 Å². The molecule has 0 spiro atoms. The summed E-state index contributed by atoms with van der Waals surface area (Å²) in [5.41, 5.74) is -1.90. The molecule has 212 valence electrons. The summed E-state index contributed by atoms with van der Waals surface area (Å²) in [6, 6.07) is 0. The number of carbonyl (C=O) groups is 3. The Bertz CT molecular complexity index is 818. The first-order valence-corrected chi connectivity index (χ1v) is 14.9. The van der Waals surface area contributed by atoms with E-state index in [0.29, 0.717) is 37.0 Å². The van der Waals surface area contributed by atoms with Gasteiger partial charge in [-0.2, -0.15) is 11.8 Å². The van der Waals surface area contributed by atoms with Gasteiger partial charge in [-0.1, -0.05) is 13.8 Å². The van der Waals surface area contributed by atoms with Crippen molar-refractivity contribution in [3.63, 3.8) is 0 Å². The van der Waals surface area contributed by atoms with Gasteiger partial charge in [-0.15, -0.1) is 0 Å². The van der Waals surface area contributed by atoms with E-state index >= 15 is 0 Å². The molecule has 1 aliphatic heterocycles. The summed E-state index contributed by atoms with van der Waals surface area (Å²) in [6.07, 6.45) is 6.59. The van der Waals surface area contributed by atoms with Crippen LogP contribution in [0.5, 0.6) is 0 Å². The second-order valence-electron chi connectivity index (χ2n) is 12.7. The molecule has 9 heteroatoms. The Kier molecular flexibility index (Phi) is 9.66. The lowest BCUT2D eigenvalue weighted by molar-refractivity contribution is -0.225. The van der Waals surface area contributed by atoms with Crippen molar-refractivity contribution in [1.29, 1.82) is 0 Å². The lowest BCUT2D eigenvalue weighted by atomic mass is 9.52. The maximum Gasteiger partial charge on any atom is 0.346 e. The Morgan fingerprint density at radius 2 is 1.57 bits per heavy atom. The number of aliphatic hydroxyl groups is 1. The van der Waals surface area contributed by atoms with E-state index in [1.54, 1.807) is 25.6 Å². The van der Waals surface area contributed by atoms with E-state index in [-0.39, 0.29) is 24.1 Å². The van der Waals surface area contributed by atoms with E-state index < -0.39 is 28.7 Å². The first-order valence-electron chi connectivity index (χ1n) is 13.7. The lowest BCUT2D eigenvalue weighted by Gasteiger charge is -2.59. The number of carbonyl (C=O) groups excluding carboxylic acids is 3. The normalized spacial score (nSPS) is 32.7. The molecular weight excluding hydrogens is 496 g/mol. The van der Waals surface area contributed by atoms with Crippen LogP contribution in [0, 0.1) is 22.7 Å². The third-order valence-electron chi connectivity index (χ3n) is 8.53. The van der Waals surface area contributed by atoms with Crippen molar-refractivity contribution < 1.29 is 38.4 Å². The zero-order valence-electron chi connectivity index (χ0n) is 23.4. The first kappa shape index (κ1) is 30.2. The Morgan fingerprint density at radius 1 is 0.973 bits per heavy atom. The standard InChI is InChI=1S/C16H26O3.C12H20O5S/c1-4-14(2,3)13(17)19-16-8-11-5-12(9-16)7-15(18,6-11)10-16;1-4-12(2,3)11(14)16-7-9(13)17-10-8-18-6-5-15-10/h11-12,18H,4-10H2,1-3H3;10H,4-8H2,1-3H3. The maximum absolute atomic E-state index is 12.4. The number of hydrogen-bond acceptors (Lipinski definition) is 9. The van der Waals surface area contributed by atoms with E-state index in [4.69, 9.17) is 18.9 Å². The van der Waals surface area contributed by atoms with Crippen LogP contribution in [0.4, 0.5) is 0 Å². The number of rotatable bonds is 8. The average Bonchev–Trinajstić information content (AvgIpc) is 2.81. The number of hydrogen-bond donors (Lipinski definition) is 1. The van der Waals surface area contributed by atoms with Crippen LogP contribution in [0.3, 0.4) is 0 Å². The molecule has 4 bridgehead atoms. The van der Waals surface area contributed by atoms with Crippen molar-refractivity contribution in [1.82, 2.24) is 0 Å². The van der Waals surface area contributed by atoms with Gasteiger partial charge in [-0.25, -0.2) is 4.79 Å². The minimum absolute atomic E-state index is 0.0828. The molecule has 5 rings (SSSR count). The molecule has 3 unspecified atom stereocenters. The SMILES string of the molecule is CCC(C)(C)C(=O)OC12CC3CC(CC(O)(C3)C1)C2.CCC(C)(C)C(=O)OCC(=O)OC1CSCCO1. The Morgan fingerprint density at radius 3 is 2.08 bits per heavy atom. The molecule has 0 radical (unpaired) electrons. The fraction of sp³-hybridized carbons (Fsp3) is 0.893. The molecule has 0 aromatic carbocycles. The fourth-order valence-electron chi connectivity index (χ4n) is 5.91. The van der Waals surface area contributed by atoms with Crippen LogP contribution >= 0.6 is 11.8 Å². The topological polar surface area (TPSA) is 108 Å². The van der Waals surface area contributed by atoms with Crippen LogP contribution in [-0.4, -0.2) is 65.2 Å². The molecular formula is C28H46O8S. The second-order valence-corrected chi connectivity index (χ2v) is 13.8. The molecule has 37 heavy (non-hydrogen) atoms. The summed E-state index contributed by atoms with van der Waals surface area (Å²) < 4.78 is 21.2. The maximum atomic E-state index is 12.4. The first-order chi connectivity index (χ1) is 17.2. The van der Waals surface area contributed by atoms with Crippen LogP contribution < -0.4 is 0 Å². The van der Waals surface area contributed by atoms with Crippen LogP contribution in [0.25, 0.3) is 0 Å². The summed E-state index contributed by atoms with van der Waals surface area (Å²) >= 11 is 1.67. The summed E-state index contributed by atoms with van der Waals surface area (Å²) in [6.45, 7) is 11.6. The predicted octanol–water partition coefficient (Wildman–Crippen LogP) is 4.65. The van der Waals surface area contributed by atoms with E-state index in [2.05, 4.69) is 0 Å². The van der Waals surface area contributed by atoms with Crippen LogP contribution in [0.1, 0.15) is 92.9 Å². The monoisotopic (exact) mass is 542 g/mol. The second kappa shape index (κ2) is 11.8. The van der Waals surface area contributed by atoms with E-state index in [9.17, 15) is 19.5 Å². The molecule has 1 heterocycles. The Balaban J connectivity index is 0.000000206.